The zero-order chi connectivity index (χ0) is 19.4. The number of benzene rings is 2. The highest BCUT2D eigenvalue weighted by atomic mass is 32.1. The van der Waals surface area contributed by atoms with E-state index in [4.69, 9.17) is 9.47 Å². The molecule has 6 nitrogen and oxygen atoms in total. The molecule has 27 heavy (non-hydrogen) atoms. The second kappa shape index (κ2) is 8.13. The van der Waals surface area contributed by atoms with Gasteiger partial charge in [0.1, 0.15) is 11.6 Å². The van der Waals surface area contributed by atoms with E-state index in [1.165, 1.54) is 36.6 Å². The SMILES string of the molecule is COC(=O)CCn1c(=NC(=O)c2cccc(F)c2)sc2ccc(OC)cc21. The van der Waals surface area contributed by atoms with E-state index in [-0.39, 0.29) is 24.5 Å². The van der Waals surface area contributed by atoms with Crippen LogP contribution in [0.2, 0.25) is 0 Å². The Morgan fingerprint density at radius 3 is 2.70 bits per heavy atom. The molecular weight excluding hydrogens is 371 g/mol. The Balaban J connectivity index is 2.09. The first-order valence-corrected chi connectivity index (χ1v) is 8.92. The molecular formula is C19H17FN2O4S. The summed E-state index contributed by atoms with van der Waals surface area (Å²) in [7, 11) is 2.88. The van der Waals surface area contributed by atoms with Crippen LogP contribution in [0.1, 0.15) is 16.8 Å². The lowest BCUT2D eigenvalue weighted by atomic mass is 10.2. The largest absolute Gasteiger partial charge is 0.497 e. The van der Waals surface area contributed by atoms with Crippen molar-refractivity contribution in [3.63, 3.8) is 0 Å². The number of thiazole rings is 1. The number of hydrogen-bond donors (Lipinski definition) is 0. The first-order chi connectivity index (χ1) is 13.0. The van der Waals surface area contributed by atoms with Gasteiger partial charge in [-0.05, 0) is 30.3 Å². The van der Waals surface area contributed by atoms with Gasteiger partial charge in [-0.15, -0.1) is 0 Å². The topological polar surface area (TPSA) is 69.9 Å². The molecule has 1 amide bonds. The minimum atomic E-state index is -0.556. The molecule has 8 heteroatoms. The second-order valence-electron chi connectivity index (χ2n) is 5.62. The maximum absolute atomic E-state index is 13.4. The molecule has 1 aromatic heterocycles. The molecule has 3 aromatic rings. The average Bonchev–Trinajstić information content (AvgIpc) is 3.01. The van der Waals surface area contributed by atoms with E-state index < -0.39 is 11.7 Å². The monoisotopic (exact) mass is 388 g/mol. The molecule has 0 saturated heterocycles. The highest BCUT2D eigenvalue weighted by Crippen LogP contribution is 2.23. The first-order valence-electron chi connectivity index (χ1n) is 8.10. The highest BCUT2D eigenvalue weighted by Gasteiger charge is 2.12. The Labute approximate surface area is 158 Å². The fraction of sp³-hybridized carbons (Fsp3) is 0.211. The molecule has 0 aliphatic carbocycles. The lowest BCUT2D eigenvalue weighted by Gasteiger charge is -2.06. The number of hydrogen-bond acceptors (Lipinski definition) is 5. The molecule has 0 radical (unpaired) electrons. The standard InChI is InChI=1S/C19H17FN2O4S/c1-25-14-6-7-16-15(11-14)22(9-8-17(23)26-2)19(27-16)21-18(24)12-4-3-5-13(20)10-12/h3-7,10-11H,8-9H2,1-2H3. The van der Waals surface area contributed by atoms with Gasteiger partial charge in [0.25, 0.3) is 5.91 Å². The van der Waals surface area contributed by atoms with Gasteiger partial charge >= 0.3 is 5.97 Å². The number of aryl methyl sites for hydroxylation is 1. The molecule has 0 unspecified atom stereocenters. The maximum Gasteiger partial charge on any atom is 0.307 e. The number of ether oxygens (including phenoxy) is 2. The number of amides is 1. The van der Waals surface area contributed by atoms with E-state index in [2.05, 4.69) is 4.99 Å². The smallest absolute Gasteiger partial charge is 0.307 e. The quantitative estimate of drug-likeness (QED) is 0.630. The molecule has 140 valence electrons. The van der Waals surface area contributed by atoms with Crippen molar-refractivity contribution < 1.29 is 23.5 Å². The molecule has 0 N–H and O–H groups in total. The van der Waals surface area contributed by atoms with Crippen LogP contribution in [-0.4, -0.2) is 30.7 Å². The molecule has 0 aliphatic heterocycles. The summed E-state index contributed by atoms with van der Waals surface area (Å²) in [6, 6.07) is 10.8. The van der Waals surface area contributed by atoms with Crippen LogP contribution in [-0.2, 0) is 16.1 Å². The minimum Gasteiger partial charge on any atom is -0.497 e. The van der Waals surface area contributed by atoms with Crippen LogP contribution < -0.4 is 9.54 Å². The number of halogens is 1. The van der Waals surface area contributed by atoms with Crippen LogP contribution in [0.4, 0.5) is 4.39 Å². The van der Waals surface area contributed by atoms with Crippen molar-refractivity contribution >= 4 is 33.4 Å². The van der Waals surface area contributed by atoms with Crippen LogP contribution in [0.5, 0.6) is 5.75 Å². The Bertz CT molecular complexity index is 1070. The summed E-state index contributed by atoms with van der Waals surface area (Å²) in [5.41, 5.74) is 0.943. The zero-order valence-electron chi connectivity index (χ0n) is 14.8. The van der Waals surface area contributed by atoms with E-state index in [0.29, 0.717) is 10.6 Å². The Morgan fingerprint density at radius 1 is 1.19 bits per heavy atom. The number of carbonyl (C=O) groups excluding carboxylic acids is 2. The molecule has 1 heterocycles. The van der Waals surface area contributed by atoms with Gasteiger partial charge in [0.15, 0.2) is 4.80 Å². The van der Waals surface area contributed by atoms with Crippen molar-refractivity contribution in [2.45, 2.75) is 13.0 Å². The molecule has 0 aliphatic rings. The summed E-state index contributed by atoms with van der Waals surface area (Å²) < 4.78 is 26.0. The van der Waals surface area contributed by atoms with Gasteiger partial charge < -0.3 is 14.0 Å². The number of esters is 1. The third-order valence-corrected chi connectivity index (χ3v) is 4.98. The lowest BCUT2D eigenvalue weighted by molar-refractivity contribution is -0.140. The number of nitrogens with zero attached hydrogens (tertiary/aromatic N) is 2. The molecule has 0 saturated carbocycles. The third kappa shape index (κ3) is 4.22. The van der Waals surface area contributed by atoms with Crippen molar-refractivity contribution in [2.24, 2.45) is 4.99 Å². The average molecular weight is 388 g/mol. The van der Waals surface area contributed by atoms with Crippen LogP contribution in [0.25, 0.3) is 10.2 Å². The Morgan fingerprint density at radius 2 is 2.00 bits per heavy atom. The van der Waals surface area contributed by atoms with Crippen LogP contribution in [0.15, 0.2) is 47.5 Å². The van der Waals surface area contributed by atoms with Crippen molar-refractivity contribution in [3.8, 4) is 5.75 Å². The van der Waals surface area contributed by atoms with Gasteiger partial charge in [-0.1, -0.05) is 17.4 Å². The summed E-state index contributed by atoms with van der Waals surface area (Å²) in [5, 5.41) is 0. The van der Waals surface area contributed by atoms with Crippen molar-refractivity contribution in [2.75, 3.05) is 14.2 Å². The van der Waals surface area contributed by atoms with Crippen molar-refractivity contribution in [1.82, 2.24) is 4.57 Å². The number of carbonyl (C=O) groups is 2. The predicted octanol–water partition coefficient (Wildman–Crippen LogP) is 3.15. The normalized spacial score (nSPS) is 11.6. The third-order valence-electron chi connectivity index (χ3n) is 3.93. The molecule has 2 aromatic carbocycles. The van der Waals surface area contributed by atoms with Crippen molar-refractivity contribution in [1.29, 1.82) is 0 Å². The van der Waals surface area contributed by atoms with Gasteiger partial charge in [-0.25, -0.2) is 4.39 Å². The van der Waals surface area contributed by atoms with Gasteiger partial charge in [0.05, 0.1) is 30.9 Å². The summed E-state index contributed by atoms with van der Waals surface area (Å²) in [4.78, 5) is 28.6. The van der Waals surface area contributed by atoms with Crippen LogP contribution in [0.3, 0.4) is 0 Å². The highest BCUT2D eigenvalue weighted by molar-refractivity contribution is 7.16. The summed E-state index contributed by atoms with van der Waals surface area (Å²) in [6.07, 6.45) is 0.126. The Kier molecular flexibility index (Phi) is 5.66. The van der Waals surface area contributed by atoms with E-state index in [9.17, 15) is 14.0 Å². The molecule has 3 rings (SSSR count). The summed E-state index contributed by atoms with van der Waals surface area (Å²) in [6.45, 7) is 0.287. The van der Waals surface area contributed by atoms with Gasteiger partial charge in [-0.2, -0.15) is 4.99 Å². The fourth-order valence-corrected chi connectivity index (χ4v) is 3.59. The predicted molar refractivity (Wildman–Crippen MR) is 99.3 cm³/mol. The Hall–Kier alpha value is -3.00. The lowest BCUT2D eigenvalue weighted by Crippen LogP contribution is -2.19. The van der Waals surface area contributed by atoms with Crippen molar-refractivity contribution in [3.05, 3.63) is 58.6 Å². The molecule has 0 bridgehead atoms. The van der Waals surface area contributed by atoms with E-state index in [1.54, 1.807) is 11.7 Å². The molecule has 0 fully saturated rings. The summed E-state index contributed by atoms with van der Waals surface area (Å²) in [5.74, 6) is -0.780. The van der Waals surface area contributed by atoms with Crippen LogP contribution in [0, 0.1) is 5.82 Å². The second-order valence-corrected chi connectivity index (χ2v) is 6.63. The number of fused-ring (bicyclic) bond motifs is 1. The van der Waals surface area contributed by atoms with Gasteiger partial charge in [-0.3, -0.25) is 9.59 Å². The number of aromatic nitrogens is 1. The zero-order valence-corrected chi connectivity index (χ0v) is 15.6. The first kappa shape index (κ1) is 18.8. The van der Waals surface area contributed by atoms with Crippen LogP contribution >= 0.6 is 11.3 Å². The number of methoxy groups -OCH3 is 2. The fourth-order valence-electron chi connectivity index (χ4n) is 2.56. The van der Waals surface area contributed by atoms with E-state index in [1.807, 2.05) is 18.2 Å². The van der Waals surface area contributed by atoms with E-state index >= 15 is 0 Å². The maximum atomic E-state index is 13.4. The minimum absolute atomic E-state index is 0.126. The number of rotatable bonds is 5. The molecule has 0 spiro atoms. The van der Waals surface area contributed by atoms with E-state index in [0.717, 1.165) is 16.3 Å². The molecule has 0 atom stereocenters. The van der Waals surface area contributed by atoms with Gasteiger partial charge in [0, 0.05) is 18.2 Å². The summed E-state index contributed by atoms with van der Waals surface area (Å²) >= 11 is 1.30. The van der Waals surface area contributed by atoms with Gasteiger partial charge in [0.2, 0.25) is 0 Å².